The molecule has 114 valence electrons. The number of aryl methyl sites for hydroxylation is 1. The number of hydrogen-bond donors (Lipinski definition) is 2. The minimum Gasteiger partial charge on any atom is -0.449 e. The number of aromatic nitrogens is 1. The van der Waals surface area contributed by atoms with Crippen molar-refractivity contribution in [3.8, 4) is 0 Å². The second-order valence-corrected chi connectivity index (χ2v) is 3.87. The number of anilines is 1. The third kappa shape index (κ3) is 5.09. The third-order valence-corrected chi connectivity index (χ3v) is 2.16. The van der Waals surface area contributed by atoms with Crippen LogP contribution in [0.4, 0.5) is 18.9 Å². The highest BCUT2D eigenvalue weighted by molar-refractivity contribution is 6.37. The summed E-state index contributed by atoms with van der Waals surface area (Å²) in [5.74, 6) is -3.95. The zero-order valence-corrected chi connectivity index (χ0v) is 10.7. The molecule has 0 fully saturated rings. The van der Waals surface area contributed by atoms with Crippen LogP contribution in [-0.2, 0) is 14.3 Å². The van der Waals surface area contributed by atoms with Gasteiger partial charge in [0.15, 0.2) is 6.61 Å². The Morgan fingerprint density at radius 1 is 1.38 bits per heavy atom. The highest BCUT2D eigenvalue weighted by Gasteiger charge is 2.31. The quantitative estimate of drug-likeness (QED) is 0.625. The predicted molar refractivity (Wildman–Crippen MR) is 63.1 cm³/mol. The lowest BCUT2D eigenvalue weighted by atomic mass is 10.2. The number of nitrogens with two attached hydrogens (primary N) is 1. The van der Waals surface area contributed by atoms with Gasteiger partial charge in [-0.15, -0.1) is 0 Å². The number of nitrogens with zero attached hydrogens (tertiary/aromatic N) is 1. The van der Waals surface area contributed by atoms with Crippen LogP contribution in [0.5, 0.6) is 0 Å². The van der Waals surface area contributed by atoms with Gasteiger partial charge in [-0.3, -0.25) is 14.6 Å². The number of alkyl halides is 3. The van der Waals surface area contributed by atoms with Crippen LogP contribution in [0.2, 0.25) is 0 Å². The van der Waals surface area contributed by atoms with Crippen molar-refractivity contribution < 1.29 is 32.3 Å². The van der Waals surface area contributed by atoms with Gasteiger partial charge in [0.1, 0.15) is 0 Å². The smallest absolute Gasteiger partial charge is 0.422 e. The van der Waals surface area contributed by atoms with Gasteiger partial charge >= 0.3 is 18.1 Å². The molecule has 21 heavy (non-hydrogen) atoms. The first-order valence-electron chi connectivity index (χ1n) is 5.41. The number of esters is 1. The topological polar surface area (TPSA) is 111 Å². The van der Waals surface area contributed by atoms with Gasteiger partial charge in [0.2, 0.25) is 0 Å². The minimum atomic E-state index is -4.74. The molecule has 0 radical (unpaired) electrons. The van der Waals surface area contributed by atoms with Crippen molar-refractivity contribution in [3.05, 3.63) is 23.5 Å². The number of carbonyl (C=O) groups is 3. The van der Waals surface area contributed by atoms with Crippen LogP contribution >= 0.6 is 0 Å². The zero-order valence-electron chi connectivity index (χ0n) is 10.7. The fourth-order valence-electron chi connectivity index (χ4n) is 1.25. The fraction of sp³-hybridized carbons (Fsp3) is 0.273. The molecule has 0 atom stereocenters. The van der Waals surface area contributed by atoms with Gasteiger partial charge in [-0.05, 0) is 13.0 Å². The van der Waals surface area contributed by atoms with E-state index in [0.29, 0.717) is 5.69 Å². The number of carbonyl (C=O) groups excluding carboxylic acids is 3. The van der Waals surface area contributed by atoms with Crippen LogP contribution in [0, 0.1) is 6.92 Å². The first-order chi connectivity index (χ1) is 9.60. The van der Waals surface area contributed by atoms with Crippen molar-refractivity contribution >= 4 is 23.5 Å². The second kappa shape index (κ2) is 6.20. The molecule has 1 rings (SSSR count). The summed E-state index contributed by atoms with van der Waals surface area (Å²) >= 11 is 0. The Hall–Kier alpha value is -2.65. The van der Waals surface area contributed by atoms with Gasteiger partial charge in [-0.2, -0.15) is 13.2 Å². The van der Waals surface area contributed by atoms with Crippen LogP contribution in [0.3, 0.4) is 0 Å². The van der Waals surface area contributed by atoms with Crippen LogP contribution < -0.4 is 11.1 Å². The SMILES string of the molecule is Cc1ncc(NC(=O)C(=O)OCC(F)(F)F)cc1C(N)=O. The van der Waals surface area contributed by atoms with E-state index in [1.54, 1.807) is 0 Å². The highest BCUT2D eigenvalue weighted by Crippen LogP contribution is 2.15. The molecule has 0 bridgehead atoms. The summed E-state index contributed by atoms with van der Waals surface area (Å²) in [4.78, 5) is 37.1. The van der Waals surface area contributed by atoms with Crippen molar-refractivity contribution in [1.82, 2.24) is 4.98 Å². The van der Waals surface area contributed by atoms with Crippen molar-refractivity contribution in [1.29, 1.82) is 0 Å². The van der Waals surface area contributed by atoms with E-state index in [1.807, 2.05) is 5.32 Å². The molecule has 0 unspecified atom stereocenters. The van der Waals surface area contributed by atoms with Gasteiger partial charge in [-0.1, -0.05) is 0 Å². The molecule has 2 amide bonds. The molecular weight excluding hydrogens is 295 g/mol. The van der Waals surface area contributed by atoms with E-state index in [-0.39, 0.29) is 11.3 Å². The molecule has 1 heterocycles. The summed E-state index contributed by atoms with van der Waals surface area (Å²) < 4.78 is 39.2. The predicted octanol–water partition coefficient (Wildman–Crippen LogP) is 0.533. The number of hydrogen-bond acceptors (Lipinski definition) is 5. The van der Waals surface area contributed by atoms with Gasteiger partial charge in [0.25, 0.3) is 5.91 Å². The van der Waals surface area contributed by atoms with Crippen molar-refractivity contribution in [2.45, 2.75) is 13.1 Å². The summed E-state index contributed by atoms with van der Waals surface area (Å²) in [6.07, 6.45) is -3.63. The monoisotopic (exact) mass is 305 g/mol. The molecule has 0 aromatic carbocycles. The first-order valence-corrected chi connectivity index (χ1v) is 5.41. The lowest BCUT2D eigenvalue weighted by Gasteiger charge is -2.09. The first kappa shape index (κ1) is 16.4. The van der Waals surface area contributed by atoms with E-state index in [0.717, 1.165) is 12.3 Å². The molecule has 7 nitrogen and oxygen atoms in total. The van der Waals surface area contributed by atoms with E-state index in [2.05, 4.69) is 9.72 Å². The second-order valence-electron chi connectivity index (χ2n) is 3.87. The number of ether oxygens (including phenoxy) is 1. The summed E-state index contributed by atoms with van der Waals surface area (Å²) in [5, 5.41) is 1.95. The van der Waals surface area contributed by atoms with Crippen molar-refractivity contribution in [3.63, 3.8) is 0 Å². The van der Waals surface area contributed by atoms with Gasteiger partial charge in [0.05, 0.1) is 23.1 Å². The molecule has 1 aromatic rings. The molecule has 10 heteroatoms. The number of pyridine rings is 1. The maximum atomic E-state index is 11.8. The van der Waals surface area contributed by atoms with E-state index in [1.165, 1.54) is 6.92 Å². The number of primary amides is 1. The Labute approximate surface area is 116 Å². The van der Waals surface area contributed by atoms with Gasteiger partial charge < -0.3 is 15.8 Å². The lowest BCUT2D eigenvalue weighted by Crippen LogP contribution is -2.29. The highest BCUT2D eigenvalue weighted by atomic mass is 19.4. The maximum Gasteiger partial charge on any atom is 0.422 e. The summed E-state index contributed by atoms with van der Waals surface area (Å²) in [6, 6.07) is 1.14. The van der Waals surface area contributed by atoms with E-state index < -0.39 is 30.6 Å². The molecule has 3 N–H and O–H groups in total. The van der Waals surface area contributed by atoms with Crippen LogP contribution in [0.15, 0.2) is 12.3 Å². The molecule has 0 saturated heterocycles. The fourth-order valence-corrected chi connectivity index (χ4v) is 1.25. The molecule has 0 aliphatic heterocycles. The van der Waals surface area contributed by atoms with E-state index in [9.17, 15) is 27.6 Å². The van der Waals surface area contributed by atoms with Gasteiger partial charge in [-0.25, -0.2) is 4.79 Å². The Bertz CT molecular complexity index is 587. The number of amides is 2. The lowest BCUT2D eigenvalue weighted by molar-refractivity contribution is -0.186. The average molecular weight is 305 g/mol. The van der Waals surface area contributed by atoms with E-state index >= 15 is 0 Å². The van der Waals surface area contributed by atoms with Crippen molar-refractivity contribution in [2.24, 2.45) is 5.73 Å². The summed E-state index contributed by atoms with van der Waals surface area (Å²) in [7, 11) is 0. The molecule has 1 aromatic heterocycles. The van der Waals surface area contributed by atoms with Crippen LogP contribution in [0.25, 0.3) is 0 Å². The van der Waals surface area contributed by atoms with E-state index in [4.69, 9.17) is 5.73 Å². The average Bonchev–Trinajstić information content (AvgIpc) is 2.36. The molecule has 0 saturated carbocycles. The maximum absolute atomic E-state index is 11.8. The Kier molecular flexibility index (Phi) is 4.84. The normalized spacial score (nSPS) is 10.9. The molecule has 0 spiro atoms. The Balaban J connectivity index is 2.73. The number of halogens is 3. The molecular formula is C11H10F3N3O4. The van der Waals surface area contributed by atoms with Crippen LogP contribution in [0.1, 0.15) is 16.1 Å². The third-order valence-electron chi connectivity index (χ3n) is 2.16. The summed E-state index contributed by atoms with van der Waals surface area (Å²) in [5.41, 5.74) is 5.27. The molecule has 0 aliphatic rings. The minimum absolute atomic E-state index is 0.00328. The Morgan fingerprint density at radius 3 is 2.52 bits per heavy atom. The van der Waals surface area contributed by atoms with Crippen LogP contribution in [-0.4, -0.2) is 35.6 Å². The molecule has 0 aliphatic carbocycles. The summed E-state index contributed by atoms with van der Waals surface area (Å²) in [6.45, 7) is -0.388. The number of nitrogens with one attached hydrogen (secondary N) is 1. The number of rotatable bonds is 3. The Morgan fingerprint density at radius 2 is 2.00 bits per heavy atom. The zero-order chi connectivity index (χ0) is 16.2. The standard InChI is InChI=1S/C11H10F3N3O4/c1-5-7(8(15)18)2-6(3-16-5)17-9(19)10(20)21-4-11(12,13)14/h2-3H,4H2,1H3,(H2,15,18)(H,17,19). The van der Waals surface area contributed by atoms with Crippen molar-refractivity contribution in [2.75, 3.05) is 11.9 Å². The van der Waals surface area contributed by atoms with Gasteiger partial charge in [0, 0.05) is 0 Å². The largest absolute Gasteiger partial charge is 0.449 e.